The van der Waals surface area contributed by atoms with Gasteiger partial charge in [-0.15, -0.1) is 10.2 Å². The Balaban J connectivity index is 1.87. The van der Waals surface area contributed by atoms with Gasteiger partial charge in [-0.1, -0.05) is 18.3 Å². The molecule has 0 aliphatic carbocycles. The van der Waals surface area contributed by atoms with Crippen LogP contribution in [-0.4, -0.2) is 45.2 Å². The van der Waals surface area contributed by atoms with E-state index in [1.807, 2.05) is 0 Å². The van der Waals surface area contributed by atoms with Crippen LogP contribution in [0.25, 0.3) is 0 Å². The van der Waals surface area contributed by atoms with Crippen LogP contribution in [-0.2, 0) is 6.54 Å². The van der Waals surface area contributed by atoms with E-state index >= 15 is 0 Å². The van der Waals surface area contributed by atoms with E-state index in [0.717, 1.165) is 42.7 Å². The van der Waals surface area contributed by atoms with Gasteiger partial charge in [-0.2, -0.15) is 11.8 Å². The Labute approximate surface area is 118 Å². The number of nitrogens with zero attached hydrogens (tertiary/aromatic N) is 3. The summed E-state index contributed by atoms with van der Waals surface area (Å²) in [5, 5.41) is 13.8. The fourth-order valence-electron chi connectivity index (χ4n) is 2.06. The highest BCUT2D eigenvalue weighted by Gasteiger charge is 2.27. The van der Waals surface area contributed by atoms with Crippen molar-refractivity contribution in [3.63, 3.8) is 0 Å². The van der Waals surface area contributed by atoms with E-state index in [-0.39, 0.29) is 0 Å². The highest BCUT2D eigenvalue weighted by atomic mass is 32.2. The number of hydrogen-bond acceptors (Lipinski definition) is 6. The summed E-state index contributed by atoms with van der Waals surface area (Å²) >= 11 is 3.75. The molecular weight excluding hydrogens is 264 g/mol. The largest absolute Gasteiger partial charge is 0.360 e. The normalized spacial score (nSPS) is 19.9. The van der Waals surface area contributed by atoms with Gasteiger partial charge in [0.15, 0.2) is 0 Å². The molecule has 6 heteroatoms. The SMILES string of the molecule is CCCNc1nnc(CN2CCSC(C)(C)C2)s1. The number of anilines is 1. The molecule has 0 saturated carbocycles. The van der Waals surface area contributed by atoms with Crippen molar-refractivity contribution in [2.24, 2.45) is 0 Å². The van der Waals surface area contributed by atoms with Crippen LogP contribution >= 0.6 is 23.1 Å². The van der Waals surface area contributed by atoms with Crippen LogP contribution < -0.4 is 5.32 Å². The topological polar surface area (TPSA) is 41.1 Å². The van der Waals surface area contributed by atoms with Gasteiger partial charge in [0.2, 0.25) is 5.13 Å². The summed E-state index contributed by atoms with van der Waals surface area (Å²) in [5.74, 6) is 1.22. The van der Waals surface area contributed by atoms with Gasteiger partial charge in [0.25, 0.3) is 0 Å². The second-order valence-corrected chi connectivity index (χ2v) is 8.11. The van der Waals surface area contributed by atoms with Crippen molar-refractivity contribution in [1.29, 1.82) is 0 Å². The Hall–Kier alpha value is -0.330. The zero-order chi connectivity index (χ0) is 13.0. The average Bonchev–Trinajstić information content (AvgIpc) is 2.73. The minimum absolute atomic E-state index is 0.367. The lowest BCUT2D eigenvalue weighted by Crippen LogP contribution is -2.42. The van der Waals surface area contributed by atoms with Gasteiger partial charge in [0.05, 0.1) is 6.54 Å². The van der Waals surface area contributed by atoms with Crippen molar-refractivity contribution < 1.29 is 0 Å². The molecule has 0 bridgehead atoms. The molecule has 1 aliphatic rings. The van der Waals surface area contributed by atoms with Crippen molar-refractivity contribution in [1.82, 2.24) is 15.1 Å². The molecule has 18 heavy (non-hydrogen) atoms. The lowest BCUT2D eigenvalue weighted by Gasteiger charge is -2.36. The molecule has 0 spiro atoms. The first-order chi connectivity index (χ1) is 8.59. The average molecular weight is 286 g/mol. The van der Waals surface area contributed by atoms with Crippen LogP contribution in [0.2, 0.25) is 0 Å². The number of hydrogen-bond donors (Lipinski definition) is 1. The minimum atomic E-state index is 0.367. The summed E-state index contributed by atoms with van der Waals surface area (Å²) in [6, 6.07) is 0. The summed E-state index contributed by atoms with van der Waals surface area (Å²) in [6.07, 6.45) is 1.12. The van der Waals surface area contributed by atoms with Crippen molar-refractivity contribution in [2.45, 2.75) is 38.5 Å². The van der Waals surface area contributed by atoms with Crippen LogP contribution in [0.3, 0.4) is 0 Å². The summed E-state index contributed by atoms with van der Waals surface area (Å²) < 4.78 is 0.367. The first-order valence-corrected chi connectivity index (χ1v) is 8.32. The van der Waals surface area contributed by atoms with E-state index in [4.69, 9.17) is 0 Å². The standard InChI is InChI=1S/C12H22N4S2/c1-4-5-13-11-15-14-10(18-11)8-16-6-7-17-12(2,3)9-16/h4-9H2,1-3H3,(H,13,15). The summed E-state index contributed by atoms with van der Waals surface area (Å²) in [6.45, 7) is 11.0. The smallest absolute Gasteiger partial charge is 0.205 e. The third kappa shape index (κ3) is 4.10. The first-order valence-electron chi connectivity index (χ1n) is 6.51. The van der Waals surface area contributed by atoms with Gasteiger partial charge in [0, 0.05) is 30.1 Å². The molecule has 0 amide bonds. The number of rotatable bonds is 5. The molecule has 1 fully saturated rings. The molecule has 102 valence electrons. The number of nitrogens with one attached hydrogen (secondary N) is 1. The quantitative estimate of drug-likeness (QED) is 0.901. The lowest BCUT2D eigenvalue weighted by atomic mass is 10.2. The fraction of sp³-hybridized carbons (Fsp3) is 0.833. The van der Waals surface area contributed by atoms with Crippen molar-refractivity contribution >= 4 is 28.2 Å². The Kier molecular flexibility index (Phi) is 4.86. The molecule has 0 radical (unpaired) electrons. The van der Waals surface area contributed by atoms with Gasteiger partial charge < -0.3 is 5.32 Å². The summed E-state index contributed by atoms with van der Waals surface area (Å²) in [7, 11) is 0. The summed E-state index contributed by atoms with van der Waals surface area (Å²) in [4.78, 5) is 2.49. The Morgan fingerprint density at radius 1 is 1.39 bits per heavy atom. The van der Waals surface area contributed by atoms with Crippen LogP contribution in [0.15, 0.2) is 0 Å². The van der Waals surface area contributed by atoms with E-state index in [2.05, 4.69) is 52.9 Å². The molecule has 2 heterocycles. The van der Waals surface area contributed by atoms with Crippen molar-refractivity contribution in [3.8, 4) is 0 Å². The highest BCUT2D eigenvalue weighted by molar-refractivity contribution is 8.00. The maximum atomic E-state index is 4.27. The number of aromatic nitrogens is 2. The monoisotopic (exact) mass is 286 g/mol. The van der Waals surface area contributed by atoms with E-state index < -0.39 is 0 Å². The van der Waals surface area contributed by atoms with E-state index in [0.29, 0.717) is 4.75 Å². The minimum Gasteiger partial charge on any atom is -0.360 e. The van der Waals surface area contributed by atoms with Gasteiger partial charge >= 0.3 is 0 Å². The predicted molar refractivity (Wildman–Crippen MR) is 80.5 cm³/mol. The second-order valence-electron chi connectivity index (χ2n) is 5.25. The van der Waals surface area contributed by atoms with Gasteiger partial charge in [-0.25, -0.2) is 0 Å². The van der Waals surface area contributed by atoms with E-state index in [9.17, 15) is 0 Å². The third-order valence-electron chi connectivity index (χ3n) is 2.86. The van der Waals surface area contributed by atoms with Gasteiger partial charge in [0.1, 0.15) is 5.01 Å². The molecule has 2 rings (SSSR count). The maximum absolute atomic E-state index is 4.27. The Bertz CT molecular complexity index is 378. The molecule has 1 N–H and O–H groups in total. The van der Waals surface area contributed by atoms with Crippen LogP contribution in [0.1, 0.15) is 32.2 Å². The molecule has 1 saturated heterocycles. The van der Waals surface area contributed by atoms with Gasteiger partial charge in [-0.3, -0.25) is 4.90 Å². The molecule has 1 aromatic rings. The van der Waals surface area contributed by atoms with Gasteiger partial charge in [-0.05, 0) is 20.3 Å². The van der Waals surface area contributed by atoms with Crippen LogP contribution in [0.4, 0.5) is 5.13 Å². The third-order valence-corrected chi connectivity index (χ3v) is 5.02. The maximum Gasteiger partial charge on any atom is 0.205 e. The Morgan fingerprint density at radius 3 is 2.94 bits per heavy atom. The van der Waals surface area contributed by atoms with E-state index in [1.54, 1.807) is 11.3 Å². The number of thioether (sulfide) groups is 1. The molecule has 0 atom stereocenters. The zero-order valence-electron chi connectivity index (χ0n) is 11.4. The zero-order valence-corrected chi connectivity index (χ0v) is 13.0. The molecule has 0 unspecified atom stereocenters. The molecule has 0 aromatic carbocycles. The fourth-order valence-corrected chi connectivity index (χ4v) is 4.05. The molecule has 1 aliphatic heterocycles. The lowest BCUT2D eigenvalue weighted by molar-refractivity contribution is 0.251. The first kappa shape index (κ1) is 14.1. The summed E-state index contributed by atoms with van der Waals surface area (Å²) in [5.41, 5.74) is 0. The van der Waals surface area contributed by atoms with Crippen LogP contribution in [0, 0.1) is 0 Å². The molecular formula is C12H22N4S2. The second kappa shape index (κ2) is 6.21. The van der Waals surface area contributed by atoms with Crippen LogP contribution in [0.5, 0.6) is 0 Å². The highest BCUT2D eigenvalue weighted by Crippen LogP contribution is 2.30. The molecule has 4 nitrogen and oxygen atoms in total. The van der Waals surface area contributed by atoms with Crippen molar-refractivity contribution in [2.75, 3.05) is 30.7 Å². The van der Waals surface area contributed by atoms with E-state index in [1.165, 1.54) is 5.75 Å². The molecule has 1 aromatic heterocycles. The Morgan fingerprint density at radius 2 is 2.22 bits per heavy atom. The van der Waals surface area contributed by atoms with Crippen molar-refractivity contribution in [3.05, 3.63) is 5.01 Å². The predicted octanol–water partition coefficient (Wildman–Crippen LogP) is 2.69.